The molecule has 0 aromatic rings. The Morgan fingerprint density at radius 1 is 1.22 bits per heavy atom. The zero-order chi connectivity index (χ0) is 12.8. The van der Waals surface area contributed by atoms with Crippen LogP contribution in [0.1, 0.15) is 65.2 Å². The van der Waals surface area contributed by atoms with Gasteiger partial charge in [0.15, 0.2) is 0 Å². The molecule has 106 valence electrons. The second kappa shape index (κ2) is 7.49. The van der Waals surface area contributed by atoms with E-state index in [2.05, 4.69) is 19.2 Å². The van der Waals surface area contributed by atoms with Gasteiger partial charge < -0.3 is 10.1 Å². The van der Waals surface area contributed by atoms with Gasteiger partial charge in [0.1, 0.15) is 0 Å². The van der Waals surface area contributed by atoms with Crippen LogP contribution in [0.3, 0.4) is 0 Å². The summed E-state index contributed by atoms with van der Waals surface area (Å²) >= 11 is 0. The first-order valence-corrected chi connectivity index (χ1v) is 8.09. The highest BCUT2D eigenvalue weighted by atomic mass is 16.5. The molecule has 0 bridgehead atoms. The quantitative estimate of drug-likeness (QED) is 0.675. The van der Waals surface area contributed by atoms with Crippen LogP contribution in [0, 0.1) is 11.8 Å². The molecular formula is C16H31NO. The summed E-state index contributed by atoms with van der Waals surface area (Å²) < 4.78 is 5.71. The van der Waals surface area contributed by atoms with Crippen molar-refractivity contribution >= 4 is 0 Å². The van der Waals surface area contributed by atoms with Gasteiger partial charge in [-0.25, -0.2) is 0 Å². The summed E-state index contributed by atoms with van der Waals surface area (Å²) in [5.41, 5.74) is 0. The first-order valence-electron chi connectivity index (χ1n) is 8.09. The van der Waals surface area contributed by atoms with E-state index in [-0.39, 0.29) is 0 Å². The van der Waals surface area contributed by atoms with Crippen LogP contribution < -0.4 is 5.32 Å². The Balaban J connectivity index is 1.59. The van der Waals surface area contributed by atoms with Crippen LogP contribution in [-0.2, 0) is 4.74 Å². The molecule has 2 rings (SSSR count). The monoisotopic (exact) mass is 253 g/mol. The Morgan fingerprint density at radius 3 is 2.67 bits per heavy atom. The molecule has 1 aliphatic carbocycles. The van der Waals surface area contributed by atoms with Gasteiger partial charge in [-0.3, -0.25) is 0 Å². The van der Waals surface area contributed by atoms with Gasteiger partial charge in [0.25, 0.3) is 0 Å². The lowest BCUT2D eigenvalue weighted by molar-refractivity contribution is 0.100. The van der Waals surface area contributed by atoms with Crippen molar-refractivity contribution in [1.82, 2.24) is 5.32 Å². The van der Waals surface area contributed by atoms with Crippen LogP contribution in [0.25, 0.3) is 0 Å². The number of nitrogens with one attached hydrogen (secondary N) is 1. The molecule has 2 aliphatic rings. The third-order valence-electron chi connectivity index (χ3n) is 4.24. The van der Waals surface area contributed by atoms with E-state index in [1.165, 1.54) is 57.9 Å². The molecule has 2 unspecified atom stereocenters. The maximum absolute atomic E-state index is 5.71. The van der Waals surface area contributed by atoms with Gasteiger partial charge in [-0.05, 0) is 63.3 Å². The summed E-state index contributed by atoms with van der Waals surface area (Å²) in [6.45, 7) is 6.95. The molecule has 2 fully saturated rings. The molecule has 0 aromatic heterocycles. The van der Waals surface area contributed by atoms with E-state index < -0.39 is 0 Å². The summed E-state index contributed by atoms with van der Waals surface area (Å²) in [4.78, 5) is 0. The maximum Gasteiger partial charge on any atom is 0.0576 e. The van der Waals surface area contributed by atoms with Crippen LogP contribution in [-0.4, -0.2) is 25.3 Å². The Bertz CT molecular complexity index is 219. The normalized spacial score (nSPS) is 25.8. The molecule has 1 N–H and O–H groups in total. The van der Waals surface area contributed by atoms with Crippen molar-refractivity contribution in [1.29, 1.82) is 0 Å². The summed E-state index contributed by atoms with van der Waals surface area (Å²) in [7, 11) is 0. The highest BCUT2D eigenvalue weighted by molar-refractivity contribution is 4.82. The Hall–Kier alpha value is -0.0800. The lowest BCUT2D eigenvalue weighted by Gasteiger charge is -2.20. The van der Waals surface area contributed by atoms with Gasteiger partial charge in [-0.15, -0.1) is 0 Å². The Kier molecular flexibility index (Phi) is 5.97. The molecule has 0 spiro atoms. The highest BCUT2D eigenvalue weighted by Crippen LogP contribution is 2.24. The molecule has 2 atom stereocenters. The number of ether oxygens (including phenoxy) is 1. The number of hydrogen-bond acceptors (Lipinski definition) is 2. The predicted octanol–water partition coefficient (Wildman–Crippen LogP) is 3.75. The third-order valence-corrected chi connectivity index (χ3v) is 4.24. The van der Waals surface area contributed by atoms with E-state index in [9.17, 15) is 0 Å². The molecule has 1 aliphatic heterocycles. The molecule has 0 radical (unpaired) electrons. The molecule has 2 nitrogen and oxygen atoms in total. The zero-order valence-corrected chi connectivity index (χ0v) is 12.3. The van der Waals surface area contributed by atoms with Gasteiger partial charge >= 0.3 is 0 Å². The van der Waals surface area contributed by atoms with E-state index >= 15 is 0 Å². The summed E-state index contributed by atoms with van der Waals surface area (Å²) in [5.74, 6) is 1.71. The van der Waals surface area contributed by atoms with Gasteiger partial charge in [0, 0.05) is 12.6 Å². The van der Waals surface area contributed by atoms with Gasteiger partial charge in [-0.2, -0.15) is 0 Å². The molecule has 0 aromatic carbocycles. The van der Waals surface area contributed by atoms with Crippen LogP contribution in [0.15, 0.2) is 0 Å². The Morgan fingerprint density at radius 2 is 2.06 bits per heavy atom. The minimum Gasteiger partial charge on any atom is -0.378 e. The smallest absolute Gasteiger partial charge is 0.0576 e. The van der Waals surface area contributed by atoms with Crippen LogP contribution in [0.4, 0.5) is 0 Å². The van der Waals surface area contributed by atoms with E-state index in [1.807, 2.05) is 0 Å². The molecule has 1 heterocycles. The fourth-order valence-corrected chi connectivity index (χ4v) is 3.10. The van der Waals surface area contributed by atoms with Crippen LogP contribution >= 0.6 is 0 Å². The largest absolute Gasteiger partial charge is 0.378 e. The van der Waals surface area contributed by atoms with Crippen molar-refractivity contribution in [3.63, 3.8) is 0 Å². The highest BCUT2D eigenvalue weighted by Gasteiger charge is 2.22. The fraction of sp³-hybridized carbons (Fsp3) is 1.00. The average Bonchev–Trinajstić information content (AvgIpc) is 3.01. The van der Waals surface area contributed by atoms with Gasteiger partial charge in [-0.1, -0.05) is 20.3 Å². The summed E-state index contributed by atoms with van der Waals surface area (Å²) in [6.07, 6.45) is 11.4. The Labute approximate surface area is 113 Å². The lowest BCUT2D eigenvalue weighted by Crippen LogP contribution is -2.26. The topological polar surface area (TPSA) is 21.3 Å². The van der Waals surface area contributed by atoms with Crippen molar-refractivity contribution in [2.45, 2.75) is 77.4 Å². The SMILES string of the molecule is CC(C)CC(CCCC1CCCO1)CNC1CC1. The van der Waals surface area contributed by atoms with Crippen molar-refractivity contribution in [3.05, 3.63) is 0 Å². The van der Waals surface area contributed by atoms with Crippen LogP contribution in [0.5, 0.6) is 0 Å². The zero-order valence-electron chi connectivity index (χ0n) is 12.3. The first kappa shape index (κ1) is 14.3. The molecule has 18 heavy (non-hydrogen) atoms. The standard InChI is InChI=1S/C16H31NO/c1-13(2)11-14(12-17-15-8-9-15)5-3-6-16-7-4-10-18-16/h13-17H,3-12H2,1-2H3. The van der Waals surface area contributed by atoms with E-state index in [4.69, 9.17) is 4.74 Å². The van der Waals surface area contributed by atoms with Crippen molar-refractivity contribution in [2.24, 2.45) is 11.8 Å². The second-order valence-corrected chi connectivity index (χ2v) is 6.74. The minimum atomic E-state index is 0.584. The van der Waals surface area contributed by atoms with Crippen molar-refractivity contribution in [3.8, 4) is 0 Å². The lowest BCUT2D eigenvalue weighted by atomic mass is 9.91. The first-order chi connectivity index (χ1) is 8.74. The molecule has 0 amide bonds. The fourth-order valence-electron chi connectivity index (χ4n) is 3.10. The van der Waals surface area contributed by atoms with Crippen molar-refractivity contribution in [2.75, 3.05) is 13.2 Å². The van der Waals surface area contributed by atoms with Gasteiger partial charge in [0.05, 0.1) is 6.10 Å². The van der Waals surface area contributed by atoms with Crippen molar-refractivity contribution < 1.29 is 4.74 Å². The van der Waals surface area contributed by atoms with Crippen LogP contribution in [0.2, 0.25) is 0 Å². The molecular weight excluding hydrogens is 222 g/mol. The van der Waals surface area contributed by atoms with E-state index in [0.717, 1.165) is 24.5 Å². The summed E-state index contributed by atoms with van der Waals surface area (Å²) in [6, 6.07) is 0.859. The third kappa shape index (κ3) is 5.71. The minimum absolute atomic E-state index is 0.584. The molecule has 1 saturated heterocycles. The predicted molar refractivity (Wildman–Crippen MR) is 76.8 cm³/mol. The number of hydrogen-bond donors (Lipinski definition) is 1. The second-order valence-electron chi connectivity index (χ2n) is 6.74. The van der Waals surface area contributed by atoms with Gasteiger partial charge in [0.2, 0.25) is 0 Å². The van der Waals surface area contributed by atoms with E-state index in [0.29, 0.717) is 6.10 Å². The maximum atomic E-state index is 5.71. The average molecular weight is 253 g/mol. The van der Waals surface area contributed by atoms with E-state index in [1.54, 1.807) is 0 Å². The summed E-state index contributed by atoms with van der Waals surface area (Å²) in [5, 5.41) is 3.71. The number of rotatable bonds is 9. The molecule has 2 heteroatoms. The molecule has 1 saturated carbocycles.